The maximum atomic E-state index is 8.27. The van der Waals surface area contributed by atoms with E-state index in [1.54, 1.807) is 0 Å². The van der Waals surface area contributed by atoms with Gasteiger partial charge < -0.3 is 4.43 Å². The Kier molecular flexibility index (Phi) is 11.3. The lowest BCUT2D eigenvalue weighted by Crippen LogP contribution is -2.66. The Morgan fingerprint density at radius 1 is 0.812 bits per heavy atom. The number of nitrogens with zero attached hydrogens (tertiary/aromatic N) is 3. The SMILES string of the molecule is CC(C)(C)[Si](OCCCCC/C=C\CCCCN=[N+]=[N-])(c1ccccc1)c1ccccc1. The normalized spacial score (nSPS) is 12.1. The van der Waals surface area contributed by atoms with E-state index in [9.17, 15) is 0 Å². The van der Waals surface area contributed by atoms with Gasteiger partial charge in [0.1, 0.15) is 0 Å². The fourth-order valence-electron chi connectivity index (χ4n) is 4.25. The third-order valence-corrected chi connectivity index (χ3v) is 10.9. The van der Waals surface area contributed by atoms with E-state index in [-0.39, 0.29) is 5.04 Å². The molecule has 0 unspecified atom stereocenters. The number of azide groups is 1. The molecule has 0 aliphatic rings. The van der Waals surface area contributed by atoms with Crippen molar-refractivity contribution in [3.63, 3.8) is 0 Å². The summed E-state index contributed by atoms with van der Waals surface area (Å²) < 4.78 is 6.94. The highest BCUT2D eigenvalue weighted by Gasteiger charge is 2.49. The van der Waals surface area contributed by atoms with Crippen LogP contribution in [0.3, 0.4) is 0 Å². The molecule has 0 bridgehead atoms. The zero-order valence-corrected chi connectivity index (χ0v) is 21.0. The quantitative estimate of drug-likeness (QED) is 0.0753. The number of benzene rings is 2. The highest BCUT2D eigenvalue weighted by Crippen LogP contribution is 2.36. The van der Waals surface area contributed by atoms with Crippen molar-refractivity contribution < 1.29 is 4.43 Å². The second-order valence-electron chi connectivity index (χ2n) is 9.28. The van der Waals surface area contributed by atoms with Gasteiger partial charge >= 0.3 is 0 Å². The molecule has 0 heterocycles. The zero-order chi connectivity index (χ0) is 23.1. The summed E-state index contributed by atoms with van der Waals surface area (Å²) in [6.45, 7) is 8.40. The molecule has 0 spiro atoms. The first-order valence-electron chi connectivity index (χ1n) is 11.9. The first kappa shape index (κ1) is 25.9. The van der Waals surface area contributed by atoms with Crippen molar-refractivity contribution >= 4 is 18.7 Å². The highest BCUT2D eigenvalue weighted by atomic mass is 28.4. The summed E-state index contributed by atoms with van der Waals surface area (Å²) in [4.78, 5) is 2.78. The summed E-state index contributed by atoms with van der Waals surface area (Å²) in [5.41, 5.74) is 8.27. The summed E-state index contributed by atoms with van der Waals surface area (Å²) in [7, 11) is -2.39. The van der Waals surface area contributed by atoms with Crippen LogP contribution in [0.25, 0.3) is 10.4 Å². The van der Waals surface area contributed by atoms with Crippen molar-refractivity contribution in [2.45, 2.75) is 70.8 Å². The largest absolute Gasteiger partial charge is 0.407 e. The Morgan fingerprint density at radius 2 is 1.34 bits per heavy atom. The van der Waals surface area contributed by atoms with Crippen molar-refractivity contribution in [3.8, 4) is 0 Å². The molecule has 0 fully saturated rings. The van der Waals surface area contributed by atoms with Crippen LogP contribution in [-0.2, 0) is 4.43 Å². The van der Waals surface area contributed by atoms with Gasteiger partial charge in [-0.25, -0.2) is 0 Å². The maximum absolute atomic E-state index is 8.27. The molecule has 5 heteroatoms. The molecule has 0 aliphatic carbocycles. The van der Waals surface area contributed by atoms with Crippen LogP contribution in [-0.4, -0.2) is 21.5 Å². The summed E-state index contributed by atoms with van der Waals surface area (Å²) in [6.07, 6.45) is 12.2. The van der Waals surface area contributed by atoms with Gasteiger partial charge in [-0.15, -0.1) is 0 Å². The van der Waals surface area contributed by atoms with Gasteiger partial charge in [0.15, 0.2) is 0 Å². The summed E-state index contributed by atoms with van der Waals surface area (Å²) in [6, 6.07) is 21.7. The molecule has 0 radical (unpaired) electrons. The van der Waals surface area contributed by atoms with Crippen LogP contribution in [0.5, 0.6) is 0 Å². The van der Waals surface area contributed by atoms with Crippen LogP contribution in [0, 0.1) is 0 Å². The number of rotatable bonds is 14. The molecule has 0 saturated carbocycles. The van der Waals surface area contributed by atoms with E-state index in [2.05, 4.69) is 104 Å². The Balaban J connectivity index is 1.89. The molecule has 172 valence electrons. The van der Waals surface area contributed by atoms with E-state index in [0.717, 1.165) is 38.7 Å². The highest BCUT2D eigenvalue weighted by molar-refractivity contribution is 6.99. The van der Waals surface area contributed by atoms with Crippen LogP contribution in [0.15, 0.2) is 77.9 Å². The monoisotopic (exact) mass is 449 g/mol. The fourth-order valence-corrected chi connectivity index (χ4v) is 8.86. The molecule has 0 aromatic heterocycles. The minimum Gasteiger partial charge on any atom is -0.407 e. The molecule has 0 atom stereocenters. The molecule has 0 aliphatic heterocycles. The van der Waals surface area contributed by atoms with Gasteiger partial charge in [-0.05, 0) is 59.5 Å². The summed E-state index contributed by atoms with van der Waals surface area (Å²) in [5, 5.41) is 6.30. The Labute approximate surface area is 195 Å². The van der Waals surface area contributed by atoms with E-state index in [1.165, 1.54) is 23.2 Å². The Morgan fingerprint density at radius 3 is 1.84 bits per heavy atom. The zero-order valence-electron chi connectivity index (χ0n) is 20.0. The van der Waals surface area contributed by atoms with Gasteiger partial charge in [-0.1, -0.05) is 105 Å². The lowest BCUT2D eigenvalue weighted by molar-refractivity contribution is 0.287. The first-order chi connectivity index (χ1) is 15.5. The topological polar surface area (TPSA) is 58.0 Å². The molecule has 4 nitrogen and oxygen atoms in total. The van der Waals surface area contributed by atoms with Crippen LogP contribution in [0.4, 0.5) is 0 Å². The van der Waals surface area contributed by atoms with E-state index >= 15 is 0 Å². The standard InChI is InChI=1S/C27H39N3OSi/c1-27(2,3)32(25-19-13-11-14-20-25,26-21-15-12-16-22-26)31-24-18-10-8-6-4-5-7-9-17-23-29-30-28/h4-5,11-16,19-22H,6-10,17-18,23-24H2,1-3H3/b5-4-. The summed E-state index contributed by atoms with van der Waals surface area (Å²) in [5.74, 6) is 0. The predicted octanol–water partition coefficient (Wildman–Crippen LogP) is 7.16. The summed E-state index contributed by atoms with van der Waals surface area (Å²) >= 11 is 0. The third-order valence-electron chi connectivity index (χ3n) is 5.86. The second-order valence-corrected chi connectivity index (χ2v) is 13.6. The fraction of sp³-hybridized carbons (Fsp3) is 0.481. The van der Waals surface area contributed by atoms with Gasteiger partial charge in [-0.3, -0.25) is 0 Å². The van der Waals surface area contributed by atoms with Gasteiger partial charge in [-0.2, -0.15) is 0 Å². The predicted molar refractivity (Wildman–Crippen MR) is 139 cm³/mol. The molecule has 0 saturated heterocycles. The van der Waals surface area contributed by atoms with Crippen molar-refractivity contribution in [1.82, 2.24) is 0 Å². The van der Waals surface area contributed by atoms with E-state index in [0.29, 0.717) is 6.54 Å². The lowest BCUT2D eigenvalue weighted by Gasteiger charge is -2.43. The van der Waals surface area contributed by atoms with Crippen LogP contribution in [0.2, 0.25) is 5.04 Å². The molecule has 32 heavy (non-hydrogen) atoms. The lowest BCUT2D eigenvalue weighted by atomic mass is 10.1. The number of unbranched alkanes of at least 4 members (excludes halogenated alkanes) is 5. The van der Waals surface area contributed by atoms with Gasteiger partial charge in [0.25, 0.3) is 8.32 Å². The Hall–Kier alpha value is -2.33. The molecule has 0 N–H and O–H groups in total. The van der Waals surface area contributed by atoms with Gasteiger partial charge in [0, 0.05) is 18.1 Å². The molecule has 2 aromatic carbocycles. The van der Waals surface area contributed by atoms with Crippen molar-refractivity contribution in [2.24, 2.45) is 5.11 Å². The molecule has 2 rings (SSSR count). The second kappa shape index (κ2) is 13.9. The van der Waals surface area contributed by atoms with Crippen molar-refractivity contribution in [2.75, 3.05) is 13.2 Å². The van der Waals surface area contributed by atoms with E-state index in [1.807, 2.05) is 0 Å². The average Bonchev–Trinajstić information content (AvgIpc) is 2.80. The van der Waals surface area contributed by atoms with E-state index in [4.69, 9.17) is 9.96 Å². The minimum absolute atomic E-state index is 0.0387. The third kappa shape index (κ3) is 7.66. The molecule has 2 aromatic rings. The molecular weight excluding hydrogens is 410 g/mol. The van der Waals surface area contributed by atoms with Gasteiger partial charge in [0.05, 0.1) is 0 Å². The number of hydrogen-bond donors (Lipinski definition) is 0. The smallest absolute Gasteiger partial charge is 0.261 e. The maximum Gasteiger partial charge on any atom is 0.261 e. The van der Waals surface area contributed by atoms with Gasteiger partial charge in [0.2, 0.25) is 0 Å². The van der Waals surface area contributed by atoms with Crippen LogP contribution >= 0.6 is 0 Å². The van der Waals surface area contributed by atoms with Crippen molar-refractivity contribution in [3.05, 3.63) is 83.3 Å². The first-order valence-corrected chi connectivity index (χ1v) is 13.8. The number of allylic oxidation sites excluding steroid dienone is 2. The van der Waals surface area contributed by atoms with Crippen molar-refractivity contribution in [1.29, 1.82) is 0 Å². The van der Waals surface area contributed by atoms with Crippen LogP contribution in [0.1, 0.15) is 65.7 Å². The molecular formula is C27H39N3OSi. The number of hydrogen-bond acceptors (Lipinski definition) is 2. The average molecular weight is 450 g/mol. The Bertz CT molecular complexity index is 801. The van der Waals surface area contributed by atoms with E-state index < -0.39 is 8.32 Å². The molecule has 0 amide bonds. The van der Waals surface area contributed by atoms with Crippen LogP contribution < -0.4 is 10.4 Å². The minimum atomic E-state index is -2.39.